The van der Waals surface area contributed by atoms with Crippen molar-refractivity contribution in [1.82, 2.24) is 13.8 Å². The molecule has 0 aliphatic carbocycles. The lowest BCUT2D eigenvalue weighted by Crippen LogP contribution is -2.52. The number of sulfonamides is 1. The number of thiophene rings is 1. The molecule has 33 heavy (non-hydrogen) atoms. The Morgan fingerprint density at radius 3 is 2.48 bits per heavy atom. The van der Waals surface area contributed by atoms with Gasteiger partial charge in [0, 0.05) is 60.6 Å². The molecular weight excluding hydrogens is 462 g/mol. The molecule has 0 radical (unpaired) electrons. The van der Waals surface area contributed by atoms with E-state index in [1.54, 1.807) is 37.2 Å². The highest BCUT2D eigenvalue weighted by atomic mass is 32.2. The van der Waals surface area contributed by atoms with Crippen LogP contribution in [0.5, 0.6) is 11.5 Å². The minimum atomic E-state index is -3.19. The maximum absolute atomic E-state index is 12.9. The first-order valence-electron chi connectivity index (χ1n) is 10.7. The summed E-state index contributed by atoms with van der Waals surface area (Å²) in [7, 11) is 1.78. The van der Waals surface area contributed by atoms with Crippen LogP contribution in [-0.2, 0) is 23.6 Å². The second-order valence-electron chi connectivity index (χ2n) is 8.42. The summed E-state index contributed by atoms with van der Waals surface area (Å²) in [6.07, 6.45) is 3.12. The second kappa shape index (κ2) is 9.09. The Hall–Kier alpha value is -2.40. The normalized spacial score (nSPS) is 18.0. The van der Waals surface area contributed by atoms with Gasteiger partial charge in [0.25, 0.3) is 5.56 Å². The number of hydrogen-bond acceptors (Lipinski definition) is 7. The molecule has 178 valence electrons. The highest BCUT2D eigenvalue weighted by molar-refractivity contribution is 7.88. The molecule has 2 aromatic heterocycles. The van der Waals surface area contributed by atoms with E-state index in [9.17, 15) is 13.2 Å². The number of benzene rings is 1. The fraction of sp³-hybridized carbons (Fsp3) is 0.435. The van der Waals surface area contributed by atoms with Gasteiger partial charge in [-0.25, -0.2) is 8.42 Å². The summed E-state index contributed by atoms with van der Waals surface area (Å²) < 4.78 is 38.7. The average Bonchev–Trinajstić information content (AvgIpc) is 3.20. The van der Waals surface area contributed by atoms with Gasteiger partial charge in [-0.1, -0.05) is 6.07 Å². The van der Waals surface area contributed by atoms with Crippen LogP contribution >= 0.6 is 11.3 Å². The maximum Gasteiger partial charge on any atom is 0.259 e. The van der Waals surface area contributed by atoms with Gasteiger partial charge in [-0.2, -0.15) is 4.31 Å². The molecule has 3 aromatic rings. The molecule has 1 aromatic carbocycles. The third-order valence-electron chi connectivity index (χ3n) is 6.15. The molecule has 3 heterocycles. The van der Waals surface area contributed by atoms with Crippen molar-refractivity contribution in [3.8, 4) is 22.6 Å². The molecule has 0 spiro atoms. The summed E-state index contributed by atoms with van der Waals surface area (Å²) in [5.41, 5.74) is 1.86. The largest absolute Gasteiger partial charge is 0.493 e. The monoisotopic (exact) mass is 491 g/mol. The fourth-order valence-electron chi connectivity index (χ4n) is 4.29. The molecule has 0 N–H and O–H groups in total. The highest BCUT2D eigenvalue weighted by Crippen LogP contribution is 2.38. The smallest absolute Gasteiger partial charge is 0.259 e. The van der Waals surface area contributed by atoms with E-state index in [0.29, 0.717) is 43.1 Å². The molecular formula is C23H29N3O5S2. The van der Waals surface area contributed by atoms with Crippen LogP contribution in [0.25, 0.3) is 21.2 Å². The van der Waals surface area contributed by atoms with E-state index in [0.717, 1.165) is 20.7 Å². The molecule has 1 saturated heterocycles. The summed E-state index contributed by atoms with van der Waals surface area (Å²) in [6, 6.07) is 7.81. The quantitative estimate of drug-likeness (QED) is 0.528. The standard InChI is InChI=1S/C23H29N3O5S2/c1-15-12-26(33(5,28)29)9-8-25(15)13-17-11-18-22(32-17)19(14-24(2)23(18)27)16-6-7-20(30-3)21(10-16)31-4/h6-7,10-11,14-15H,8-9,12-13H2,1-5H3. The Labute approximate surface area is 198 Å². The first kappa shape index (κ1) is 23.7. The number of ether oxygens (including phenoxy) is 2. The van der Waals surface area contributed by atoms with Gasteiger partial charge >= 0.3 is 0 Å². The van der Waals surface area contributed by atoms with Crippen molar-refractivity contribution in [2.24, 2.45) is 7.05 Å². The van der Waals surface area contributed by atoms with E-state index in [4.69, 9.17) is 9.47 Å². The molecule has 0 saturated carbocycles. The van der Waals surface area contributed by atoms with Gasteiger partial charge in [-0.3, -0.25) is 9.69 Å². The number of pyridine rings is 1. The van der Waals surface area contributed by atoms with Crippen molar-refractivity contribution >= 4 is 31.4 Å². The summed E-state index contributed by atoms with van der Waals surface area (Å²) >= 11 is 1.61. The molecule has 4 rings (SSSR count). The number of rotatable bonds is 6. The van der Waals surface area contributed by atoms with Crippen LogP contribution in [0, 0.1) is 0 Å². The Bertz CT molecular complexity index is 1350. The van der Waals surface area contributed by atoms with E-state index in [-0.39, 0.29) is 11.6 Å². The van der Waals surface area contributed by atoms with E-state index < -0.39 is 10.0 Å². The zero-order chi connectivity index (χ0) is 23.9. The van der Waals surface area contributed by atoms with Crippen molar-refractivity contribution in [2.75, 3.05) is 40.1 Å². The van der Waals surface area contributed by atoms with Crippen molar-refractivity contribution in [1.29, 1.82) is 0 Å². The van der Waals surface area contributed by atoms with Gasteiger partial charge in [-0.05, 0) is 30.7 Å². The van der Waals surface area contributed by atoms with Gasteiger partial charge in [0.1, 0.15) is 0 Å². The number of fused-ring (bicyclic) bond motifs is 1. The van der Waals surface area contributed by atoms with Crippen LogP contribution in [0.2, 0.25) is 0 Å². The van der Waals surface area contributed by atoms with Crippen molar-refractivity contribution in [2.45, 2.75) is 19.5 Å². The molecule has 1 fully saturated rings. The number of aromatic nitrogens is 1. The SMILES string of the molecule is COc1ccc(-c2cn(C)c(=O)c3cc(CN4CCN(S(C)(=O)=O)CC4C)sc23)cc1OC. The van der Waals surface area contributed by atoms with Crippen molar-refractivity contribution in [3.63, 3.8) is 0 Å². The topological polar surface area (TPSA) is 81.1 Å². The maximum atomic E-state index is 12.9. The lowest BCUT2D eigenvalue weighted by Gasteiger charge is -2.38. The van der Waals surface area contributed by atoms with Crippen LogP contribution < -0.4 is 15.0 Å². The first-order chi connectivity index (χ1) is 15.6. The Balaban J connectivity index is 1.70. The number of nitrogens with zero attached hydrogens (tertiary/aromatic N) is 3. The number of methoxy groups -OCH3 is 2. The predicted molar refractivity (Wildman–Crippen MR) is 132 cm³/mol. The van der Waals surface area contributed by atoms with Crippen molar-refractivity contribution < 1.29 is 17.9 Å². The summed E-state index contributed by atoms with van der Waals surface area (Å²) in [5, 5.41) is 0.687. The molecule has 8 nitrogen and oxygen atoms in total. The number of piperazine rings is 1. The van der Waals surface area contributed by atoms with Gasteiger partial charge < -0.3 is 14.0 Å². The first-order valence-corrected chi connectivity index (χ1v) is 13.3. The molecule has 1 aliphatic rings. The number of hydrogen-bond donors (Lipinski definition) is 0. The lowest BCUT2D eigenvalue weighted by atomic mass is 10.1. The van der Waals surface area contributed by atoms with Crippen LogP contribution in [0.4, 0.5) is 0 Å². The second-order valence-corrected chi connectivity index (χ2v) is 11.5. The van der Waals surface area contributed by atoms with E-state index >= 15 is 0 Å². The predicted octanol–water partition coefficient (Wildman–Crippen LogP) is 2.75. The highest BCUT2D eigenvalue weighted by Gasteiger charge is 2.29. The average molecular weight is 492 g/mol. The van der Waals surface area contributed by atoms with Gasteiger partial charge in [0.15, 0.2) is 11.5 Å². The van der Waals surface area contributed by atoms with Crippen LogP contribution in [0.15, 0.2) is 35.3 Å². The minimum absolute atomic E-state index is 0.0355. The minimum Gasteiger partial charge on any atom is -0.493 e. The van der Waals surface area contributed by atoms with Crippen LogP contribution in [0.1, 0.15) is 11.8 Å². The molecule has 0 bridgehead atoms. The van der Waals surface area contributed by atoms with Gasteiger partial charge in [0.05, 0.1) is 25.9 Å². The zero-order valence-electron chi connectivity index (χ0n) is 19.5. The van der Waals surface area contributed by atoms with E-state index in [1.807, 2.05) is 37.4 Å². The molecule has 0 amide bonds. The van der Waals surface area contributed by atoms with Crippen LogP contribution in [0.3, 0.4) is 0 Å². The summed E-state index contributed by atoms with van der Waals surface area (Å²) in [5.74, 6) is 1.28. The zero-order valence-corrected chi connectivity index (χ0v) is 21.1. The van der Waals surface area contributed by atoms with Crippen molar-refractivity contribution in [3.05, 3.63) is 45.7 Å². The Kier molecular flexibility index (Phi) is 6.54. The van der Waals surface area contributed by atoms with Gasteiger partial charge in [0.2, 0.25) is 10.0 Å². The Morgan fingerprint density at radius 2 is 1.85 bits per heavy atom. The van der Waals surface area contributed by atoms with E-state index in [2.05, 4.69) is 4.90 Å². The molecule has 1 unspecified atom stereocenters. The summed E-state index contributed by atoms with van der Waals surface area (Å²) in [6.45, 7) is 4.32. The van der Waals surface area contributed by atoms with Gasteiger partial charge in [-0.15, -0.1) is 11.3 Å². The third-order valence-corrected chi connectivity index (χ3v) is 8.57. The van der Waals surface area contributed by atoms with Crippen LogP contribution in [-0.4, -0.2) is 68.3 Å². The van der Waals surface area contributed by atoms with E-state index in [1.165, 1.54) is 10.6 Å². The fourth-order valence-corrected chi connectivity index (χ4v) is 6.39. The molecule has 10 heteroatoms. The summed E-state index contributed by atoms with van der Waals surface area (Å²) in [4.78, 5) is 16.2. The molecule has 1 atom stereocenters. The third kappa shape index (κ3) is 4.65. The molecule has 1 aliphatic heterocycles. The number of aryl methyl sites for hydroxylation is 1. The Morgan fingerprint density at radius 1 is 1.12 bits per heavy atom. The lowest BCUT2D eigenvalue weighted by molar-refractivity contribution is 0.123.